The zero-order valence-electron chi connectivity index (χ0n) is 11.0. The SMILES string of the molecule is CC(N)c1ccc(N2CCC(C)(O)CC2)cc1Cl. The molecule has 1 aliphatic heterocycles. The first-order chi connectivity index (χ1) is 8.39. The molecule has 2 rings (SSSR count). The van der Waals surface area contributed by atoms with Crippen LogP contribution in [0.2, 0.25) is 5.02 Å². The quantitative estimate of drug-likeness (QED) is 0.867. The van der Waals surface area contributed by atoms with Crippen LogP contribution >= 0.6 is 11.6 Å². The summed E-state index contributed by atoms with van der Waals surface area (Å²) in [5, 5.41) is 10.7. The number of hydrogen-bond donors (Lipinski definition) is 2. The molecule has 0 spiro atoms. The normalized spacial score (nSPS) is 20.8. The van der Waals surface area contributed by atoms with Crippen LogP contribution < -0.4 is 10.6 Å². The fourth-order valence-corrected chi connectivity index (χ4v) is 2.68. The predicted molar refractivity (Wildman–Crippen MR) is 76.1 cm³/mol. The number of benzene rings is 1. The Bertz CT molecular complexity index is 422. The van der Waals surface area contributed by atoms with Gasteiger partial charge in [-0.1, -0.05) is 17.7 Å². The van der Waals surface area contributed by atoms with Crippen molar-refractivity contribution in [2.24, 2.45) is 5.73 Å². The monoisotopic (exact) mass is 268 g/mol. The van der Waals surface area contributed by atoms with Gasteiger partial charge in [0, 0.05) is 29.8 Å². The Morgan fingerprint density at radius 2 is 2.00 bits per heavy atom. The first-order valence-electron chi connectivity index (χ1n) is 6.41. The number of halogens is 1. The van der Waals surface area contributed by atoms with Gasteiger partial charge in [-0.25, -0.2) is 0 Å². The minimum Gasteiger partial charge on any atom is -0.390 e. The maximum absolute atomic E-state index is 9.94. The van der Waals surface area contributed by atoms with Crippen LogP contribution in [-0.2, 0) is 0 Å². The molecule has 1 atom stereocenters. The van der Waals surface area contributed by atoms with Crippen LogP contribution in [0.4, 0.5) is 5.69 Å². The van der Waals surface area contributed by atoms with E-state index in [2.05, 4.69) is 11.0 Å². The summed E-state index contributed by atoms with van der Waals surface area (Å²) in [4.78, 5) is 2.26. The van der Waals surface area contributed by atoms with Crippen LogP contribution in [0.3, 0.4) is 0 Å². The molecule has 1 aliphatic rings. The van der Waals surface area contributed by atoms with E-state index >= 15 is 0 Å². The van der Waals surface area contributed by atoms with Crippen molar-refractivity contribution >= 4 is 17.3 Å². The Morgan fingerprint density at radius 3 is 2.50 bits per heavy atom. The van der Waals surface area contributed by atoms with Crippen LogP contribution in [0.5, 0.6) is 0 Å². The summed E-state index contributed by atoms with van der Waals surface area (Å²) in [6.45, 7) is 5.55. The highest BCUT2D eigenvalue weighted by Gasteiger charge is 2.27. The van der Waals surface area contributed by atoms with Gasteiger partial charge in [-0.05, 0) is 44.4 Å². The molecule has 1 saturated heterocycles. The average Bonchev–Trinajstić information content (AvgIpc) is 2.28. The zero-order chi connectivity index (χ0) is 13.3. The molecule has 1 aromatic rings. The van der Waals surface area contributed by atoms with Crippen molar-refractivity contribution < 1.29 is 5.11 Å². The van der Waals surface area contributed by atoms with Crippen LogP contribution in [0.1, 0.15) is 38.3 Å². The molecule has 0 saturated carbocycles. The van der Waals surface area contributed by atoms with Gasteiger partial charge in [0.25, 0.3) is 0 Å². The van der Waals surface area contributed by atoms with Crippen LogP contribution in [-0.4, -0.2) is 23.8 Å². The Hall–Kier alpha value is -0.770. The molecule has 18 heavy (non-hydrogen) atoms. The molecule has 1 aromatic carbocycles. The van der Waals surface area contributed by atoms with E-state index < -0.39 is 5.60 Å². The summed E-state index contributed by atoms with van der Waals surface area (Å²) in [6, 6.07) is 5.98. The number of piperidine rings is 1. The lowest BCUT2D eigenvalue weighted by Gasteiger charge is -2.37. The highest BCUT2D eigenvalue weighted by molar-refractivity contribution is 6.31. The second-order valence-corrected chi connectivity index (χ2v) is 5.89. The number of nitrogens with zero attached hydrogens (tertiary/aromatic N) is 1. The first-order valence-corrected chi connectivity index (χ1v) is 6.79. The van der Waals surface area contributed by atoms with Gasteiger partial charge in [-0.3, -0.25) is 0 Å². The molecule has 100 valence electrons. The maximum atomic E-state index is 9.94. The van der Waals surface area contributed by atoms with Gasteiger partial charge in [0.2, 0.25) is 0 Å². The number of rotatable bonds is 2. The Kier molecular flexibility index (Phi) is 3.85. The molecular formula is C14H21ClN2O. The van der Waals surface area contributed by atoms with E-state index in [1.807, 2.05) is 26.0 Å². The van der Waals surface area contributed by atoms with Gasteiger partial charge in [0.05, 0.1) is 5.60 Å². The van der Waals surface area contributed by atoms with Gasteiger partial charge in [0.1, 0.15) is 0 Å². The van der Waals surface area contributed by atoms with Crippen molar-refractivity contribution in [3.05, 3.63) is 28.8 Å². The Morgan fingerprint density at radius 1 is 1.39 bits per heavy atom. The summed E-state index contributed by atoms with van der Waals surface area (Å²) < 4.78 is 0. The van der Waals surface area contributed by atoms with Crippen LogP contribution in [0.25, 0.3) is 0 Å². The fourth-order valence-electron chi connectivity index (χ4n) is 2.33. The van der Waals surface area contributed by atoms with Gasteiger partial charge < -0.3 is 15.7 Å². The predicted octanol–water partition coefficient (Wildman–Crippen LogP) is 2.71. The number of anilines is 1. The van der Waals surface area contributed by atoms with Crippen LogP contribution in [0, 0.1) is 0 Å². The summed E-state index contributed by atoms with van der Waals surface area (Å²) >= 11 is 6.24. The number of nitrogens with two attached hydrogens (primary N) is 1. The van der Waals surface area contributed by atoms with E-state index in [9.17, 15) is 5.11 Å². The molecule has 0 radical (unpaired) electrons. The molecule has 3 N–H and O–H groups in total. The number of hydrogen-bond acceptors (Lipinski definition) is 3. The molecular weight excluding hydrogens is 248 g/mol. The van der Waals surface area contributed by atoms with Crippen molar-refractivity contribution in [3.63, 3.8) is 0 Å². The van der Waals surface area contributed by atoms with Crippen molar-refractivity contribution in [1.82, 2.24) is 0 Å². The van der Waals surface area contributed by atoms with Crippen molar-refractivity contribution in [2.45, 2.75) is 38.3 Å². The maximum Gasteiger partial charge on any atom is 0.0653 e. The lowest BCUT2D eigenvalue weighted by Crippen LogP contribution is -2.42. The highest BCUT2D eigenvalue weighted by atomic mass is 35.5. The molecule has 0 aliphatic carbocycles. The third kappa shape index (κ3) is 2.97. The largest absolute Gasteiger partial charge is 0.390 e. The van der Waals surface area contributed by atoms with E-state index in [1.54, 1.807) is 0 Å². The topological polar surface area (TPSA) is 49.5 Å². The summed E-state index contributed by atoms with van der Waals surface area (Å²) in [7, 11) is 0. The molecule has 0 amide bonds. The fraction of sp³-hybridized carbons (Fsp3) is 0.571. The molecule has 1 unspecified atom stereocenters. The summed E-state index contributed by atoms with van der Waals surface area (Å²) in [5.41, 5.74) is 7.41. The van der Waals surface area contributed by atoms with E-state index in [4.69, 9.17) is 17.3 Å². The van der Waals surface area contributed by atoms with Gasteiger partial charge in [-0.15, -0.1) is 0 Å². The van der Waals surface area contributed by atoms with Crippen molar-refractivity contribution in [2.75, 3.05) is 18.0 Å². The van der Waals surface area contributed by atoms with Gasteiger partial charge >= 0.3 is 0 Å². The molecule has 0 aromatic heterocycles. The lowest BCUT2D eigenvalue weighted by molar-refractivity contribution is 0.0351. The van der Waals surface area contributed by atoms with Crippen LogP contribution in [0.15, 0.2) is 18.2 Å². The molecule has 1 fully saturated rings. The van der Waals surface area contributed by atoms with Crippen molar-refractivity contribution in [3.8, 4) is 0 Å². The van der Waals surface area contributed by atoms with E-state index in [1.165, 1.54) is 0 Å². The van der Waals surface area contributed by atoms with E-state index in [0.717, 1.165) is 42.2 Å². The second kappa shape index (κ2) is 5.08. The first kappa shape index (κ1) is 13.7. The summed E-state index contributed by atoms with van der Waals surface area (Å²) in [5.74, 6) is 0. The third-order valence-electron chi connectivity index (χ3n) is 3.68. The second-order valence-electron chi connectivity index (χ2n) is 5.48. The Labute approximate surface area is 114 Å². The molecule has 0 bridgehead atoms. The molecule has 4 heteroatoms. The van der Waals surface area contributed by atoms with Gasteiger partial charge in [-0.2, -0.15) is 0 Å². The van der Waals surface area contributed by atoms with E-state index in [0.29, 0.717) is 0 Å². The van der Waals surface area contributed by atoms with Crippen molar-refractivity contribution in [1.29, 1.82) is 0 Å². The highest BCUT2D eigenvalue weighted by Crippen LogP contribution is 2.30. The van der Waals surface area contributed by atoms with Gasteiger partial charge in [0.15, 0.2) is 0 Å². The Balaban J connectivity index is 2.13. The minimum atomic E-state index is -0.522. The molecule has 1 heterocycles. The minimum absolute atomic E-state index is 0.0476. The zero-order valence-corrected chi connectivity index (χ0v) is 11.7. The number of aliphatic hydroxyl groups is 1. The third-order valence-corrected chi connectivity index (χ3v) is 4.01. The molecule has 3 nitrogen and oxygen atoms in total. The van der Waals surface area contributed by atoms with E-state index in [-0.39, 0.29) is 6.04 Å². The lowest BCUT2D eigenvalue weighted by atomic mass is 9.93. The smallest absolute Gasteiger partial charge is 0.0653 e. The standard InChI is InChI=1S/C14H21ClN2O/c1-10(16)12-4-3-11(9-13(12)15)17-7-5-14(2,18)6-8-17/h3-4,9-10,18H,5-8,16H2,1-2H3. The average molecular weight is 269 g/mol. The summed E-state index contributed by atoms with van der Waals surface area (Å²) in [6.07, 6.45) is 1.58.